The van der Waals surface area contributed by atoms with Crippen LogP contribution in [0.1, 0.15) is 33.3 Å². The molecular formula is C19H22O3. The molecule has 0 amide bonds. The van der Waals surface area contributed by atoms with Crippen molar-refractivity contribution in [1.29, 1.82) is 0 Å². The van der Waals surface area contributed by atoms with Gasteiger partial charge in [0.15, 0.2) is 0 Å². The lowest BCUT2D eigenvalue weighted by atomic mass is 10.1. The molecule has 116 valence electrons. The monoisotopic (exact) mass is 298 g/mol. The van der Waals surface area contributed by atoms with E-state index in [0.717, 1.165) is 11.0 Å². The molecule has 0 atom stereocenters. The lowest BCUT2D eigenvalue weighted by Crippen LogP contribution is -2.11. The van der Waals surface area contributed by atoms with E-state index in [1.807, 2.05) is 58.0 Å². The first-order chi connectivity index (χ1) is 10.5. The average Bonchev–Trinajstić information content (AvgIpc) is 2.45. The van der Waals surface area contributed by atoms with Gasteiger partial charge in [-0.25, -0.2) is 4.79 Å². The van der Waals surface area contributed by atoms with Crippen LogP contribution in [-0.4, -0.2) is 6.61 Å². The number of ether oxygens (including phenoxy) is 1. The van der Waals surface area contributed by atoms with Gasteiger partial charge in [0, 0.05) is 6.42 Å². The van der Waals surface area contributed by atoms with Crippen molar-refractivity contribution >= 4 is 11.0 Å². The van der Waals surface area contributed by atoms with Gasteiger partial charge in [-0.15, -0.1) is 0 Å². The Morgan fingerprint density at radius 3 is 2.45 bits per heavy atom. The second kappa shape index (κ2) is 7.12. The molecule has 3 nitrogen and oxygen atoms in total. The summed E-state index contributed by atoms with van der Waals surface area (Å²) in [6.45, 7) is 8.49. The summed E-state index contributed by atoms with van der Waals surface area (Å²) in [7, 11) is 0. The Morgan fingerprint density at radius 1 is 1.09 bits per heavy atom. The first-order valence-corrected chi connectivity index (χ1v) is 7.43. The van der Waals surface area contributed by atoms with Gasteiger partial charge in [-0.05, 0) is 45.9 Å². The summed E-state index contributed by atoms with van der Waals surface area (Å²) in [5, 5.41) is 0.835. The quantitative estimate of drug-likeness (QED) is 0.596. The van der Waals surface area contributed by atoms with E-state index in [2.05, 4.69) is 0 Å². The summed E-state index contributed by atoms with van der Waals surface area (Å²) >= 11 is 0. The molecule has 2 aromatic rings. The normalized spacial score (nSPS) is 10.4. The molecule has 0 aliphatic rings. The molecule has 0 unspecified atom stereocenters. The number of allylic oxidation sites excluding steroid dienone is 3. The molecule has 1 aromatic heterocycles. The summed E-state index contributed by atoms with van der Waals surface area (Å²) in [5.74, 6) is 0.627. The van der Waals surface area contributed by atoms with E-state index in [9.17, 15) is 4.79 Å². The molecule has 1 heterocycles. The van der Waals surface area contributed by atoms with Crippen LogP contribution >= 0.6 is 0 Å². The molecule has 0 N–H and O–H groups in total. The molecule has 0 saturated heterocycles. The second-order valence-corrected chi connectivity index (χ2v) is 5.77. The fourth-order valence-electron chi connectivity index (χ4n) is 2.10. The van der Waals surface area contributed by atoms with Gasteiger partial charge in [0.1, 0.15) is 17.9 Å². The number of para-hydroxylation sites is 1. The molecule has 0 aliphatic heterocycles. The first kappa shape index (κ1) is 16.1. The highest BCUT2D eigenvalue weighted by molar-refractivity contribution is 5.84. The molecule has 0 fully saturated rings. The standard InChI is InChI=1S/C19H22O3/c1-13(2)9-10-16-18(21-12-11-14(3)4)15-7-5-6-8-17(15)22-19(16)20/h5-9,11H,10,12H2,1-4H3. The fraction of sp³-hybridized carbons (Fsp3) is 0.316. The third-order valence-electron chi connectivity index (χ3n) is 3.29. The fourth-order valence-corrected chi connectivity index (χ4v) is 2.10. The van der Waals surface area contributed by atoms with Crippen LogP contribution in [0.4, 0.5) is 0 Å². The van der Waals surface area contributed by atoms with Crippen LogP contribution in [0.25, 0.3) is 11.0 Å². The largest absolute Gasteiger partial charge is 0.488 e. The predicted octanol–water partition coefficient (Wildman–Crippen LogP) is 4.65. The molecule has 2 rings (SSSR count). The van der Waals surface area contributed by atoms with E-state index in [1.54, 1.807) is 6.07 Å². The van der Waals surface area contributed by atoms with E-state index < -0.39 is 0 Å². The van der Waals surface area contributed by atoms with E-state index in [4.69, 9.17) is 9.15 Å². The van der Waals surface area contributed by atoms with Crippen molar-refractivity contribution < 1.29 is 9.15 Å². The van der Waals surface area contributed by atoms with E-state index in [-0.39, 0.29) is 5.63 Å². The highest BCUT2D eigenvalue weighted by Gasteiger charge is 2.14. The minimum atomic E-state index is -0.330. The SMILES string of the molecule is CC(C)=CCOc1c(CC=C(C)C)c(=O)oc2ccccc12. The minimum absolute atomic E-state index is 0.330. The maximum Gasteiger partial charge on any atom is 0.343 e. The number of hydrogen-bond acceptors (Lipinski definition) is 3. The van der Waals surface area contributed by atoms with Crippen LogP contribution in [0.3, 0.4) is 0 Å². The lowest BCUT2D eigenvalue weighted by Gasteiger charge is -2.11. The lowest BCUT2D eigenvalue weighted by molar-refractivity contribution is 0.358. The average molecular weight is 298 g/mol. The Labute approximate surface area is 130 Å². The molecular weight excluding hydrogens is 276 g/mol. The van der Waals surface area contributed by atoms with E-state index in [1.165, 1.54) is 5.57 Å². The zero-order chi connectivity index (χ0) is 16.1. The van der Waals surface area contributed by atoms with Crippen molar-refractivity contribution in [2.45, 2.75) is 34.1 Å². The van der Waals surface area contributed by atoms with Crippen molar-refractivity contribution in [2.75, 3.05) is 6.61 Å². The van der Waals surface area contributed by atoms with Gasteiger partial charge >= 0.3 is 5.63 Å². The molecule has 22 heavy (non-hydrogen) atoms. The molecule has 0 saturated carbocycles. The van der Waals surface area contributed by atoms with Crippen LogP contribution in [0.15, 0.2) is 56.8 Å². The van der Waals surface area contributed by atoms with Crippen LogP contribution in [0.5, 0.6) is 5.75 Å². The van der Waals surface area contributed by atoms with Crippen LogP contribution < -0.4 is 10.4 Å². The highest BCUT2D eigenvalue weighted by Crippen LogP contribution is 2.28. The second-order valence-electron chi connectivity index (χ2n) is 5.77. The summed E-state index contributed by atoms with van der Waals surface area (Å²) in [6, 6.07) is 7.47. The van der Waals surface area contributed by atoms with Crippen molar-refractivity contribution in [2.24, 2.45) is 0 Å². The minimum Gasteiger partial charge on any atom is -0.488 e. The molecule has 3 heteroatoms. The summed E-state index contributed by atoms with van der Waals surface area (Å²) < 4.78 is 11.3. The molecule has 1 aromatic carbocycles. The highest BCUT2D eigenvalue weighted by atomic mass is 16.5. The topological polar surface area (TPSA) is 39.4 Å². The van der Waals surface area contributed by atoms with Gasteiger partial charge in [-0.1, -0.05) is 29.4 Å². The van der Waals surface area contributed by atoms with Gasteiger partial charge in [0.2, 0.25) is 0 Å². The number of hydrogen-bond donors (Lipinski definition) is 0. The summed E-state index contributed by atoms with van der Waals surface area (Å²) in [6.07, 6.45) is 4.52. The van der Waals surface area contributed by atoms with Crippen LogP contribution in [0.2, 0.25) is 0 Å². The van der Waals surface area contributed by atoms with Crippen molar-refractivity contribution in [1.82, 2.24) is 0 Å². The van der Waals surface area contributed by atoms with Gasteiger partial charge in [-0.3, -0.25) is 0 Å². The van der Waals surface area contributed by atoms with Gasteiger partial charge in [0.25, 0.3) is 0 Å². The van der Waals surface area contributed by atoms with Gasteiger partial charge < -0.3 is 9.15 Å². The van der Waals surface area contributed by atoms with Crippen LogP contribution in [0, 0.1) is 0 Å². The van der Waals surface area contributed by atoms with Crippen molar-refractivity contribution in [3.63, 3.8) is 0 Å². The molecule has 0 spiro atoms. The molecule has 0 radical (unpaired) electrons. The molecule has 0 bridgehead atoms. The Bertz CT molecular complexity index is 771. The Morgan fingerprint density at radius 2 is 1.77 bits per heavy atom. The van der Waals surface area contributed by atoms with Crippen molar-refractivity contribution in [3.05, 3.63) is 63.5 Å². The predicted molar refractivity (Wildman–Crippen MR) is 90.5 cm³/mol. The van der Waals surface area contributed by atoms with E-state index in [0.29, 0.717) is 29.9 Å². The summed E-state index contributed by atoms with van der Waals surface area (Å²) in [5.41, 5.74) is 3.13. The Kier molecular flexibility index (Phi) is 5.21. The number of fused-ring (bicyclic) bond motifs is 1. The number of benzene rings is 1. The zero-order valence-electron chi connectivity index (χ0n) is 13.6. The van der Waals surface area contributed by atoms with Crippen molar-refractivity contribution in [3.8, 4) is 5.75 Å². The Hall–Kier alpha value is -2.29. The van der Waals surface area contributed by atoms with Gasteiger partial charge in [0.05, 0.1) is 10.9 Å². The zero-order valence-corrected chi connectivity index (χ0v) is 13.6. The first-order valence-electron chi connectivity index (χ1n) is 7.43. The third-order valence-corrected chi connectivity index (χ3v) is 3.29. The summed E-state index contributed by atoms with van der Waals surface area (Å²) in [4.78, 5) is 12.3. The maximum absolute atomic E-state index is 12.3. The number of rotatable bonds is 5. The van der Waals surface area contributed by atoms with E-state index >= 15 is 0 Å². The maximum atomic E-state index is 12.3. The smallest absolute Gasteiger partial charge is 0.343 e. The molecule has 0 aliphatic carbocycles. The third kappa shape index (κ3) is 3.88. The van der Waals surface area contributed by atoms with Crippen LogP contribution in [-0.2, 0) is 6.42 Å². The van der Waals surface area contributed by atoms with Gasteiger partial charge in [-0.2, -0.15) is 0 Å². The Balaban J connectivity index is 2.54.